The number of piperidine rings is 2. The molecule has 9 nitrogen and oxygen atoms in total. The third-order valence-electron chi connectivity index (χ3n) is 6.43. The van der Waals surface area contributed by atoms with Crippen molar-refractivity contribution in [2.24, 2.45) is 5.92 Å². The average molecular weight is 444 g/mol. The minimum atomic E-state index is -0.133. The van der Waals surface area contributed by atoms with Crippen LogP contribution >= 0.6 is 0 Å². The Morgan fingerprint density at radius 3 is 2.56 bits per heavy atom. The Bertz CT molecular complexity index is 928. The predicted molar refractivity (Wildman–Crippen MR) is 116 cm³/mol. The van der Waals surface area contributed by atoms with Crippen molar-refractivity contribution in [2.45, 2.75) is 77.7 Å². The summed E-state index contributed by atoms with van der Waals surface area (Å²) in [7, 11) is 0. The molecule has 4 rings (SSSR count). The first kappa shape index (κ1) is 22.5. The molecule has 0 N–H and O–H groups in total. The third-order valence-corrected chi connectivity index (χ3v) is 6.43. The Balaban J connectivity index is 1.37. The van der Waals surface area contributed by atoms with E-state index in [1.54, 1.807) is 6.07 Å². The molecule has 2 saturated heterocycles. The van der Waals surface area contributed by atoms with Gasteiger partial charge in [-0.3, -0.25) is 9.59 Å². The summed E-state index contributed by atoms with van der Waals surface area (Å²) in [5, 5.41) is 12.6. The number of aromatic nitrogens is 3. The Kier molecular flexibility index (Phi) is 6.91. The van der Waals surface area contributed by atoms with Crippen molar-refractivity contribution in [2.75, 3.05) is 19.6 Å². The van der Waals surface area contributed by atoms with Crippen molar-refractivity contribution in [3.05, 3.63) is 29.3 Å². The molecule has 0 bridgehead atoms. The van der Waals surface area contributed by atoms with E-state index >= 15 is 0 Å². The summed E-state index contributed by atoms with van der Waals surface area (Å²) in [5.41, 5.74) is 0.374. The molecule has 174 valence electrons. The molecular weight excluding hydrogens is 410 g/mol. The Morgan fingerprint density at radius 2 is 1.84 bits per heavy atom. The lowest BCUT2D eigenvalue weighted by molar-refractivity contribution is -0.139. The number of likely N-dealkylation sites (tertiary alicyclic amines) is 2. The van der Waals surface area contributed by atoms with Crippen LogP contribution in [0, 0.1) is 5.92 Å². The normalized spacial score (nSPS) is 20.2. The first-order chi connectivity index (χ1) is 15.5. The van der Waals surface area contributed by atoms with Crippen molar-refractivity contribution < 1.29 is 18.5 Å². The van der Waals surface area contributed by atoms with Crippen molar-refractivity contribution in [3.63, 3.8) is 0 Å². The fourth-order valence-corrected chi connectivity index (χ4v) is 4.60. The van der Waals surface area contributed by atoms with Crippen molar-refractivity contribution >= 4 is 11.8 Å². The van der Waals surface area contributed by atoms with Gasteiger partial charge in [0.1, 0.15) is 11.8 Å². The van der Waals surface area contributed by atoms with Gasteiger partial charge in [-0.05, 0) is 38.5 Å². The van der Waals surface area contributed by atoms with E-state index in [9.17, 15) is 9.59 Å². The van der Waals surface area contributed by atoms with Crippen LogP contribution in [0.25, 0.3) is 0 Å². The topological polar surface area (TPSA) is 106 Å². The van der Waals surface area contributed by atoms with E-state index in [4.69, 9.17) is 8.94 Å². The summed E-state index contributed by atoms with van der Waals surface area (Å²) in [6.45, 7) is 7.86. The highest BCUT2D eigenvalue weighted by Gasteiger charge is 2.34. The van der Waals surface area contributed by atoms with Gasteiger partial charge in [0.05, 0.1) is 0 Å². The molecule has 32 heavy (non-hydrogen) atoms. The Morgan fingerprint density at radius 1 is 1.09 bits per heavy atom. The zero-order valence-corrected chi connectivity index (χ0v) is 19.2. The molecular formula is C23H33N5O4. The molecule has 4 heterocycles. The molecule has 0 aliphatic carbocycles. The van der Waals surface area contributed by atoms with Crippen molar-refractivity contribution in [1.82, 2.24) is 25.2 Å². The molecule has 2 aromatic rings. The van der Waals surface area contributed by atoms with E-state index in [2.05, 4.69) is 22.3 Å². The summed E-state index contributed by atoms with van der Waals surface area (Å²) in [6.07, 6.45) is 6.15. The van der Waals surface area contributed by atoms with Crippen molar-refractivity contribution in [1.29, 1.82) is 0 Å². The number of nitrogens with zero attached hydrogens (tertiary/aromatic N) is 5. The van der Waals surface area contributed by atoms with Gasteiger partial charge in [0, 0.05) is 44.0 Å². The summed E-state index contributed by atoms with van der Waals surface area (Å²) in [6, 6.07) is 1.61. The smallest absolute Gasteiger partial charge is 0.276 e. The zero-order chi connectivity index (χ0) is 22.7. The number of hydrogen-bond acceptors (Lipinski definition) is 7. The molecule has 9 heteroatoms. The standard InChI is InChI=1S/C23H33N5O4/c1-4-7-17-14-18(26-32-17)23(30)27-12-9-16(10-13-27)20-24-25-21(31-20)19-8-5-6-11-28(19)22(29)15(2)3/h14-16,19H,4-13H2,1-3H3/t19-/m0/s1. The highest BCUT2D eigenvalue weighted by atomic mass is 16.5. The van der Waals surface area contributed by atoms with Gasteiger partial charge in [0.2, 0.25) is 17.7 Å². The van der Waals surface area contributed by atoms with E-state index in [0.29, 0.717) is 30.6 Å². The van der Waals surface area contributed by atoms with Crippen LogP contribution in [0.15, 0.2) is 15.0 Å². The highest BCUT2D eigenvalue weighted by molar-refractivity contribution is 5.92. The van der Waals surface area contributed by atoms with E-state index in [0.717, 1.165) is 57.3 Å². The summed E-state index contributed by atoms with van der Waals surface area (Å²) >= 11 is 0. The molecule has 2 aliphatic rings. The van der Waals surface area contributed by atoms with E-state index < -0.39 is 0 Å². The molecule has 2 fully saturated rings. The lowest BCUT2D eigenvalue weighted by atomic mass is 9.96. The van der Waals surface area contributed by atoms with Gasteiger partial charge in [0.15, 0.2) is 5.69 Å². The fourth-order valence-electron chi connectivity index (χ4n) is 4.60. The van der Waals surface area contributed by atoms with Crippen LogP contribution in [0.5, 0.6) is 0 Å². The molecule has 0 radical (unpaired) electrons. The number of rotatable bonds is 6. The van der Waals surface area contributed by atoms with Gasteiger partial charge < -0.3 is 18.7 Å². The van der Waals surface area contributed by atoms with E-state index in [1.165, 1.54) is 0 Å². The van der Waals surface area contributed by atoms with Crippen LogP contribution in [-0.2, 0) is 11.2 Å². The lowest BCUT2D eigenvalue weighted by Gasteiger charge is -2.34. The first-order valence-corrected chi connectivity index (χ1v) is 11.9. The molecule has 2 amide bonds. The van der Waals surface area contributed by atoms with Crippen LogP contribution < -0.4 is 0 Å². The number of hydrogen-bond donors (Lipinski definition) is 0. The van der Waals surface area contributed by atoms with Gasteiger partial charge in [-0.2, -0.15) is 0 Å². The van der Waals surface area contributed by atoms with Gasteiger partial charge >= 0.3 is 0 Å². The Labute approximate surface area is 188 Å². The van der Waals surface area contributed by atoms with Crippen LogP contribution in [0.3, 0.4) is 0 Å². The molecule has 0 spiro atoms. The van der Waals surface area contributed by atoms with E-state index in [1.807, 2.05) is 23.6 Å². The van der Waals surface area contributed by atoms with Gasteiger partial charge in [-0.25, -0.2) is 0 Å². The molecule has 2 aliphatic heterocycles. The molecule has 1 atom stereocenters. The number of carbonyl (C=O) groups excluding carboxylic acids is 2. The minimum absolute atomic E-state index is 0.0531. The van der Waals surface area contributed by atoms with Crippen LogP contribution in [0.2, 0.25) is 0 Å². The second-order valence-electron chi connectivity index (χ2n) is 9.17. The monoisotopic (exact) mass is 443 g/mol. The maximum absolute atomic E-state index is 12.7. The minimum Gasteiger partial charge on any atom is -0.423 e. The van der Waals surface area contributed by atoms with Crippen molar-refractivity contribution in [3.8, 4) is 0 Å². The third kappa shape index (κ3) is 4.71. The second-order valence-corrected chi connectivity index (χ2v) is 9.17. The molecule has 0 unspecified atom stereocenters. The first-order valence-electron chi connectivity index (χ1n) is 11.9. The van der Waals surface area contributed by atoms with Crippen LogP contribution in [0.4, 0.5) is 0 Å². The summed E-state index contributed by atoms with van der Waals surface area (Å²) in [5.74, 6) is 2.01. The molecule has 2 aromatic heterocycles. The van der Waals surface area contributed by atoms with E-state index in [-0.39, 0.29) is 29.7 Å². The van der Waals surface area contributed by atoms with Gasteiger partial charge in [0.25, 0.3) is 5.91 Å². The molecule has 0 aromatic carbocycles. The summed E-state index contributed by atoms with van der Waals surface area (Å²) in [4.78, 5) is 29.1. The summed E-state index contributed by atoms with van der Waals surface area (Å²) < 4.78 is 11.3. The number of carbonyl (C=O) groups is 2. The fraction of sp³-hybridized carbons (Fsp3) is 0.696. The SMILES string of the molecule is CCCc1cc(C(=O)N2CCC(c3nnc([C@@H]4CCCCN4C(=O)C(C)C)o3)CC2)no1. The van der Waals surface area contributed by atoms with Crippen LogP contribution in [0.1, 0.15) is 99.3 Å². The van der Waals surface area contributed by atoms with Gasteiger partial charge in [-0.1, -0.05) is 25.9 Å². The van der Waals surface area contributed by atoms with Crippen LogP contribution in [-0.4, -0.2) is 56.6 Å². The number of amides is 2. The zero-order valence-electron chi connectivity index (χ0n) is 19.2. The Hall–Kier alpha value is -2.71. The maximum atomic E-state index is 12.7. The predicted octanol–water partition coefficient (Wildman–Crippen LogP) is 3.74. The van der Waals surface area contributed by atoms with Gasteiger partial charge in [-0.15, -0.1) is 10.2 Å². The second kappa shape index (κ2) is 9.83. The highest BCUT2D eigenvalue weighted by Crippen LogP contribution is 2.34. The average Bonchev–Trinajstić information content (AvgIpc) is 3.49. The lowest BCUT2D eigenvalue weighted by Crippen LogP contribution is -2.40. The molecule has 0 saturated carbocycles. The largest absolute Gasteiger partial charge is 0.423 e. The quantitative estimate of drug-likeness (QED) is 0.669. The maximum Gasteiger partial charge on any atom is 0.276 e. The number of aryl methyl sites for hydroxylation is 1.